The minimum atomic E-state index is 1.09. The molecule has 0 spiro atoms. The van der Waals surface area contributed by atoms with Crippen molar-refractivity contribution in [2.75, 3.05) is 0 Å². The summed E-state index contributed by atoms with van der Waals surface area (Å²) in [7, 11) is 0. The minimum Gasteiger partial charge on any atom is -0.135 e. The van der Waals surface area contributed by atoms with E-state index in [1.54, 1.807) is 0 Å². The maximum atomic E-state index is 3.43. The number of hydrogen-bond acceptors (Lipinski definition) is 1. The first kappa shape index (κ1) is 24.2. The molecule has 0 nitrogen and oxygen atoms in total. The molecule has 0 aliphatic heterocycles. The fraction of sp³-hybridized carbons (Fsp3) is 0. The van der Waals surface area contributed by atoms with Crippen molar-refractivity contribution >= 4 is 63.8 Å². The number of fused-ring (bicyclic) bond motifs is 8. The molecule has 9 rings (SSSR count). The zero-order chi connectivity index (χ0) is 28.3. The molecule has 0 bridgehead atoms. The standard InChI is InChI=1S/C42H24S/c1-2-10-34-28(7-1)21-24-37-36(34)23-22-30-19-20-33(26-40(30)37)32-9-5-8-31(25-32)27-15-17-29(18-16-27)35-12-6-13-39-38-11-3-4-14-41(38)43-42(35)39/h1-21,24-26H. The van der Waals surface area contributed by atoms with Crippen molar-refractivity contribution in [1.29, 1.82) is 0 Å². The number of rotatable bonds is 3. The first-order valence-electron chi connectivity index (χ1n) is 14.6. The molecule has 43 heavy (non-hydrogen) atoms. The van der Waals surface area contributed by atoms with Gasteiger partial charge in [-0.15, -0.1) is 11.3 Å². The molecule has 1 heteroatoms. The SMILES string of the molecule is c1c2ccc(-c3cccc(-c4ccc(-c5cccc6c5sc5ccccc56)cc4)c3)cc2c2ccc3ccccc3c2c#1. The largest absolute Gasteiger partial charge is 0.135 e. The molecule has 0 fully saturated rings. The number of hydrogen-bond donors (Lipinski definition) is 0. The Morgan fingerprint density at radius 2 is 1.09 bits per heavy atom. The average Bonchev–Trinajstić information content (AvgIpc) is 3.47. The smallest absolute Gasteiger partial charge is 0.0433 e. The summed E-state index contributed by atoms with van der Waals surface area (Å²) in [6, 6.07) is 59.8. The molecule has 0 atom stereocenters. The zero-order valence-electron chi connectivity index (χ0n) is 23.3. The highest BCUT2D eigenvalue weighted by molar-refractivity contribution is 7.26. The van der Waals surface area contributed by atoms with E-state index in [1.807, 2.05) is 11.3 Å². The second-order valence-corrected chi connectivity index (χ2v) is 12.2. The summed E-state index contributed by atoms with van der Waals surface area (Å²) in [6.45, 7) is 0. The van der Waals surface area contributed by atoms with Crippen molar-refractivity contribution in [1.82, 2.24) is 0 Å². The van der Waals surface area contributed by atoms with Gasteiger partial charge in [-0.3, -0.25) is 0 Å². The van der Waals surface area contributed by atoms with Crippen molar-refractivity contribution in [3.8, 4) is 33.4 Å². The van der Waals surface area contributed by atoms with E-state index in [-0.39, 0.29) is 0 Å². The van der Waals surface area contributed by atoms with Gasteiger partial charge in [0, 0.05) is 30.9 Å². The van der Waals surface area contributed by atoms with Crippen LogP contribution in [0.2, 0.25) is 0 Å². The van der Waals surface area contributed by atoms with Gasteiger partial charge in [-0.25, -0.2) is 0 Å². The Hall–Kier alpha value is -5.42. The third kappa shape index (κ3) is 3.92. The van der Waals surface area contributed by atoms with Crippen molar-refractivity contribution in [2.24, 2.45) is 0 Å². The Morgan fingerprint density at radius 3 is 2.00 bits per heavy atom. The van der Waals surface area contributed by atoms with E-state index in [4.69, 9.17) is 0 Å². The third-order valence-corrected chi connectivity index (χ3v) is 9.91. The highest BCUT2D eigenvalue weighted by atomic mass is 32.1. The summed E-state index contributed by atoms with van der Waals surface area (Å²) < 4.78 is 2.69. The molecule has 9 aromatic rings. The molecule has 0 saturated heterocycles. The molecular weight excluding hydrogens is 537 g/mol. The third-order valence-electron chi connectivity index (χ3n) is 8.69. The summed E-state index contributed by atoms with van der Waals surface area (Å²) in [6.07, 6.45) is 0. The second kappa shape index (κ2) is 9.57. The van der Waals surface area contributed by atoms with Gasteiger partial charge in [0.1, 0.15) is 0 Å². The molecular formula is C42H24S. The van der Waals surface area contributed by atoms with Crippen molar-refractivity contribution < 1.29 is 0 Å². The summed E-state index contributed by atoms with van der Waals surface area (Å²) >= 11 is 1.88. The quantitative estimate of drug-likeness (QED) is 0.202. The van der Waals surface area contributed by atoms with Gasteiger partial charge in [-0.05, 0) is 79.2 Å². The van der Waals surface area contributed by atoms with Crippen LogP contribution in [0.5, 0.6) is 0 Å². The van der Waals surface area contributed by atoms with E-state index in [0.717, 1.165) is 10.8 Å². The topological polar surface area (TPSA) is 0 Å². The van der Waals surface area contributed by atoms with E-state index in [0.29, 0.717) is 0 Å². The summed E-state index contributed by atoms with van der Waals surface area (Å²) in [5.41, 5.74) is 7.39. The highest BCUT2D eigenvalue weighted by Crippen LogP contribution is 2.40. The van der Waals surface area contributed by atoms with E-state index in [1.165, 1.54) is 75.1 Å². The van der Waals surface area contributed by atoms with Gasteiger partial charge in [-0.1, -0.05) is 133 Å². The van der Waals surface area contributed by atoms with Gasteiger partial charge in [0.25, 0.3) is 0 Å². The molecule has 0 unspecified atom stereocenters. The molecule has 0 saturated carbocycles. The lowest BCUT2D eigenvalue weighted by Crippen LogP contribution is -1.84. The van der Waals surface area contributed by atoms with Gasteiger partial charge < -0.3 is 0 Å². The lowest BCUT2D eigenvalue weighted by Gasteiger charge is -2.10. The van der Waals surface area contributed by atoms with Crippen LogP contribution >= 0.6 is 11.3 Å². The van der Waals surface area contributed by atoms with Crippen LogP contribution in [0.4, 0.5) is 0 Å². The summed E-state index contributed by atoms with van der Waals surface area (Å²) in [4.78, 5) is 0. The lowest BCUT2D eigenvalue weighted by molar-refractivity contribution is 1.59. The van der Waals surface area contributed by atoms with Gasteiger partial charge in [0.05, 0.1) is 0 Å². The summed E-state index contributed by atoms with van der Waals surface area (Å²) in [5, 5.41) is 9.77. The molecule has 198 valence electrons. The van der Waals surface area contributed by atoms with Gasteiger partial charge in [0.15, 0.2) is 0 Å². The molecule has 0 radical (unpaired) electrons. The Kier molecular flexibility index (Phi) is 5.38. The number of benzene rings is 7. The van der Waals surface area contributed by atoms with Crippen LogP contribution in [0.3, 0.4) is 0 Å². The van der Waals surface area contributed by atoms with Gasteiger partial charge >= 0.3 is 0 Å². The highest BCUT2D eigenvalue weighted by Gasteiger charge is 2.11. The molecule has 0 N–H and O–H groups in total. The second-order valence-electron chi connectivity index (χ2n) is 11.2. The predicted molar refractivity (Wildman–Crippen MR) is 186 cm³/mol. The molecule has 0 aliphatic rings. The molecule has 0 amide bonds. The predicted octanol–water partition coefficient (Wildman–Crippen LogP) is 12.1. The molecule has 1 heterocycles. The molecule has 8 aromatic carbocycles. The van der Waals surface area contributed by atoms with Crippen LogP contribution in [0.15, 0.2) is 146 Å². The normalized spacial score (nSPS) is 11.5. The van der Waals surface area contributed by atoms with Crippen molar-refractivity contribution in [2.45, 2.75) is 0 Å². The van der Waals surface area contributed by atoms with Crippen LogP contribution in [0.25, 0.3) is 85.9 Å². The average molecular weight is 561 g/mol. The lowest BCUT2D eigenvalue weighted by atomic mass is 9.94. The van der Waals surface area contributed by atoms with Crippen molar-refractivity contribution in [3.05, 3.63) is 158 Å². The van der Waals surface area contributed by atoms with Crippen LogP contribution in [0, 0.1) is 12.1 Å². The van der Waals surface area contributed by atoms with Crippen molar-refractivity contribution in [3.63, 3.8) is 0 Å². The molecule has 1 aromatic heterocycles. The fourth-order valence-electron chi connectivity index (χ4n) is 6.51. The maximum absolute atomic E-state index is 3.43. The van der Waals surface area contributed by atoms with Gasteiger partial charge in [0.2, 0.25) is 0 Å². The Morgan fingerprint density at radius 1 is 0.395 bits per heavy atom. The van der Waals surface area contributed by atoms with Crippen LogP contribution in [-0.2, 0) is 0 Å². The monoisotopic (exact) mass is 560 g/mol. The Balaban J connectivity index is 1.10. The summed E-state index contributed by atoms with van der Waals surface area (Å²) in [5.74, 6) is 0. The van der Waals surface area contributed by atoms with E-state index in [9.17, 15) is 0 Å². The fourth-order valence-corrected chi connectivity index (χ4v) is 7.75. The van der Waals surface area contributed by atoms with Gasteiger partial charge in [-0.2, -0.15) is 0 Å². The minimum absolute atomic E-state index is 1.09. The maximum Gasteiger partial charge on any atom is 0.0433 e. The molecule has 0 aliphatic carbocycles. The van der Waals surface area contributed by atoms with Crippen LogP contribution in [-0.4, -0.2) is 0 Å². The Labute approximate surface area is 254 Å². The van der Waals surface area contributed by atoms with E-state index >= 15 is 0 Å². The van der Waals surface area contributed by atoms with E-state index < -0.39 is 0 Å². The Bertz CT molecular complexity index is 2500. The number of thiophene rings is 1. The van der Waals surface area contributed by atoms with Crippen LogP contribution < -0.4 is 0 Å². The van der Waals surface area contributed by atoms with Crippen LogP contribution in [0.1, 0.15) is 0 Å². The first-order valence-corrected chi connectivity index (χ1v) is 15.4. The first-order chi connectivity index (χ1) is 21.3. The zero-order valence-corrected chi connectivity index (χ0v) is 24.1. The van der Waals surface area contributed by atoms with E-state index in [2.05, 4.69) is 158 Å².